The summed E-state index contributed by atoms with van der Waals surface area (Å²) < 4.78 is 10.3. The molecule has 0 aliphatic carbocycles. The highest BCUT2D eigenvalue weighted by Gasteiger charge is 2.24. The molecular weight excluding hydrogens is 338 g/mol. The second kappa shape index (κ2) is 8.71. The maximum absolute atomic E-state index is 12.0. The van der Waals surface area contributed by atoms with Gasteiger partial charge in [-0.25, -0.2) is 4.79 Å². The number of nitrogens with zero attached hydrogens (tertiary/aromatic N) is 2. The molecule has 0 bridgehead atoms. The maximum Gasteiger partial charge on any atom is 0.330 e. The minimum atomic E-state index is -0.580. The Morgan fingerprint density at radius 2 is 2.04 bits per heavy atom. The van der Waals surface area contributed by atoms with E-state index in [1.165, 1.54) is 18.9 Å². The topological polar surface area (TPSA) is 90.7 Å². The fourth-order valence-electron chi connectivity index (χ4n) is 2.20. The summed E-state index contributed by atoms with van der Waals surface area (Å²) in [6.45, 7) is 5.87. The van der Waals surface area contributed by atoms with Crippen molar-refractivity contribution in [2.75, 3.05) is 18.6 Å². The molecule has 0 unspecified atom stereocenters. The van der Waals surface area contributed by atoms with E-state index in [0.717, 1.165) is 11.3 Å². The van der Waals surface area contributed by atoms with E-state index in [1.54, 1.807) is 0 Å². The van der Waals surface area contributed by atoms with Crippen LogP contribution in [0.5, 0.6) is 0 Å². The molecule has 1 aromatic carbocycles. The predicted octanol–water partition coefficient (Wildman–Crippen LogP) is 3.62. The monoisotopic (exact) mass is 361 g/mol. The first kappa shape index (κ1) is 19.1. The summed E-state index contributed by atoms with van der Waals surface area (Å²) in [7, 11) is 1.37. The second-order valence-electron chi connectivity index (χ2n) is 5.78. The van der Waals surface area contributed by atoms with Gasteiger partial charge in [0.1, 0.15) is 10.7 Å². The van der Waals surface area contributed by atoms with Crippen molar-refractivity contribution in [1.82, 2.24) is 5.16 Å². The summed E-state index contributed by atoms with van der Waals surface area (Å²) in [5.74, 6) is 0.984. The van der Waals surface area contributed by atoms with E-state index in [2.05, 4.69) is 10.1 Å². The summed E-state index contributed by atoms with van der Waals surface area (Å²) in [5, 5.41) is 4.75. The summed E-state index contributed by atoms with van der Waals surface area (Å²) in [6, 6.07) is 8.63. The van der Waals surface area contributed by atoms with E-state index < -0.39 is 6.04 Å². The lowest BCUT2D eigenvalue weighted by molar-refractivity contribution is -0.143. The Hall–Kier alpha value is -2.28. The number of anilines is 1. The molecule has 2 rings (SSSR count). The molecule has 0 fully saturated rings. The van der Waals surface area contributed by atoms with Crippen LogP contribution in [-0.4, -0.2) is 35.1 Å². The number of hydrogen-bond acceptors (Lipinski definition) is 7. The van der Waals surface area contributed by atoms with Crippen LogP contribution in [0.4, 0.5) is 5.69 Å². The van der Waals surface area contributed by atoms with Gasteiger partial charge in [-0.15, -0.1) is 11.8 Å². The highest BCUT2D eigenvalue weighted by atomic mass is 32.2. The Bertz CT molecular complexity index is 738. The van der Waals surface area contributed by atoms with Gasteiger partial charge in [0.05, 0.1) is 7.11 Å². The van der Waals surface area contributed by atoms with Crippen LogP contribution in [-0.2, 0) is 9.53 Å². The largest absolute Gasteiger partial charge is 0.467 e. The first-order valence-corrected chi connectivity index (χ1v) is 9.06. The van der Waals surface area contributed by atoms with E-state index in [0.29, 0.717) is 22.2 Å². The normalized spacial score (nSPS) is 13.1. The Morgan fingerprint density at radius 3 is 2.60 bits per heavy atom. The van der Waals surface area contributed by atoms with Gasteiger partial charge in [0.2, 0.25) is 0 Å². The number of carbonyl (C=O) groups excluding carboxylic acids is 1. The van der Waals surface area contributed by atoms with Crippen molar-refractivity contribution in [3.63, 3.8) is 0 Å². The van der Waals surface area contributed by atoms with Crippen LogP contribution in [0.15, 0.2) is 39.8 Å². The van der Waals surface area contributed by atoms with Crippen LogP contribution >= 0.6 is 11.8 Å². The SMILES string of the molecule is CCSC(=N[C@@H](C(=O)OC)C(C)C)c1cc(-c2ccc(N)cc2)no1. The number of methoxy groups -OCH3 is 1. The fraction of sp³-hybridized carbons (Fsp3) is 0.389. The van der Waals surface area contributed by atoms with E-state index in [1.807, 2.05) is 51.1 Å². The van der Waals surface area contributed by atoms with Crippen molar-refractivity contribution >= 4 is 28.5 Å². The standard InChI is InChI=1S/C18H23N3O3S/c1-5-25-17(20-16(11(2)3)18(22)23-4)15-10-14(21-24-15)12-6-8-13(19)9-7-12/h6-11,16H,5,19H2,1-4H3/t16-/m1/s1. The number of thioether (sulfide) groups is 1. The molecule has 7 heteroatoms. The van der Waals surface area contributed by atoms with Crippen LogP contribution in [0.3, 0.4) is 0 Å². The highest BCUT2D eigenvalue weighted by Crippen LogP contribution is 2.24. The number of nitrogen functional groups attached to an aromatic ring is 1. The third-order valence-electron chi connectivity index (χ3n) is 3.54. The average Bonchev–Trinajstić information content (AvgIpc) is 3.08. The number of benzene rings is 1. The van der Waals surface area contributed by atoms with Crippen LogP contribution in [0.25, 0.3) is 11.3 Å². The molecule has 134 valence electrons. The molecule has 0 saturated heterocycles. The number of hydrogen-bond donors (Lipinski definition) is 1. The molecular formula is C18H23N3O3S. The third-order valence-corrected chi connectivity index (χ3v) is 4.41. The zero-order chi connectivity index (χ0) is 18.4. The Kier molecular flexibility index (Phi) is 6.64. The molecule has 2 aromatic rings. The van der Waals surface area contributed by atoms with Gasteiger partial charge in [0, 0.05) is 17.3 Å². The average molecular weight is 361 g/mol. The van der Waals surface area contributed by atoms with Crippen LogP contribution < -0.4 is 5.73 Å². The predicted molar refractivity (Wildman–Crippen MR) is 102 cm³/mol. The van der Waals surface area contributed by atoms with Gasteiger partial charge < -0.3 is 15.0 Å². The minimum Gasteiger partial charge on any atom is -0.467 e. The van der Waals surface area contributed by atoms with Crippen molar-refractivity contribution in [2.45, 2.75) is 26.8 Å². The van der Waals surface area contributed by atoms with Gasteiger partial charge in [-0.3, -0.25) is 4.99 Å². The van der Waals surface area contributed by atoms with E-state index in [9.17, 15) is 4.79 Å². The lowest BCUT2D eigenvalue weighted by Gasteiger charge is -2.15. The van der Waals surface area contributed by atoms with Gasteiger partial charge in [0.25, 0.3) is 0 Å². The third kappa shape index (κ3) is 4.85. The maximum atomic E-state index is 12.0. The zero-order valence-electron chi connectivity index (χ0n) is 14.9. The number of aliphatic imine (C=N–C) groups is 1. The molecule has 0 amide bonds. The summed E-state index contributed by atoms with van der Waals surface area (Å²) in [5.41, 5.74) is 8.00. The van der Waals surface area contributed by atoms with Crippen molar-refractivity contribution < 1.29 is 14.1 Å². The number of ether oxygens (including phenoxy) is 1. The zero-order valence-corrected chi connectivity index (χ0v) is 15.7. The Morgan fingerprint density at radius 1 is 1.36 bits per heavy atom. The fourth-order valence-corrected chi connectivity index (χ4v) is 2.90. The molecule has 1 aromatic heterocycles. The number of rotatable bonds is 6. The van der Waals surface area contributed by atoms with E-state index >= 15 is 0 Å². The molecule has 0 saturated carbocycles. The van der Waals surface area contributed by atoms with Crippen molar-refractivity contribution in [1.29, 1.82) is 0 Å². The summed E-state index contributed by atoms with van der Waals surface area (Å²) in [4.78, 5) is 16.6. The molecule has 0 aliphatic rings. The molecule has 1 atom stereocenters. The lowest BCUT2D eigenvalue weighted by atomic mass is 10.1. The van der Waals surface area contributed by atoms with E-state index in [-0.39, 0.29) is 11.9 Å². The Labute approximate surface area is 151 Å². The lowest BCUT2D eigenvalue weighted by Crippen LogP contribution is -2.27. The first-order valence-electron chi connectivity index (χ1n) is 8.07. The molecule has 1 heterocycles. The minimum absolute atomic E-state index is 0.0133. The second-order valence-corrected chi connectivity index (χ2v) is 7.03. The molecule has 0 aliphatic heterocycles. The van der Waals surface area contributed by atoms with Crippen LogP contribution in [0.1, 0.15) is 26.5 Å². The van der Waals surface area contributed by atoms with E-state index in [4.69, 9.17) is 15.0 Å². The molecule has 2 N–H and O–H groups in total. The van der Waals surface area contributed by atoms with Gasteiger partial charge in [-0.05, 0) is 23.8 Å². The highest BCUT2D eigenvalue weighted by molar-refractivity contribution is 8.14. The van der Waals surface area contributed by atoms with Gasteiger partial charge in [0.15, 0.2) is 11.8 Å². The number of aromatic nitrogens is 1. The van der Waals surface area contributed by atoms with Crippen molar-refractivity contribution in [3.8, 4) is 11.3 Å². The number of nitrogens with two attached hydrogens (primary N) is 1. The molecule has 25 heavy (non-hydrogen) atoms. The number of carbonyl (C=O) groups is 1. The Balaban J connectivity index is 2.35. The first-order chi connectivity index (χ1) is 12.0. The molecule has 6 nitrogen and oxygen atoms in total. The van der Waals surface area contributed by atoms with Gasteiger partial charge in [-0.1, -0.05) is 38.1 Å². The number of esters is 1. The smallest absolute Gasteiger partial charge is 0.330 e. The molecule has 0 radical (unpaired) electrons. The van der Waals surface area contributed by atoms with Crippen molar-refractivity contribution in [3.05, 3.63) is 36.1 Å². The van der Waals surface area contributed by atoms with Gasteiger partial charge in [-0.2, -0.15) is 0 Å². The summed E-state index contributed by atoms with van der Waals surface area (Å²) in [6.07, 6.45) is 0. The van der Waals surface area contributed by atoms with Crippen molar-refractivity contribution in [2.24, 2.45) is 10.9 Å². The quantitative estimate of drug-likeness (QED) is 0.366. The summed E-state index contributed by atoms with van der Waals surface area (Å²) >= 11 is 1.50. The van der Waals surface area contributed by atoms with Gasteiger partial charge >= 0.3 is 5.97 Å². The van der Waals surface area contributed by atoms with Crippen LogP contribution in [0.2, 0.25) is 0 Å². The van der Waals surface area contributed by atoms with Crippen LogP contribution in [0, 0.1) is 5.92 Å². The molecule has 0 spiro atoms.